The molecule has 0 radical (unpaired) electrons. The Kier molecular flexibility index (Phi) is 4.64. The smallest absolute Gasteiger partial charge is 0.215 e. The Bertz CT molecular complexity index is 752. The van der Waals surface area contributed by atoms with Gasteiger partial charge < -0.3 is 19.8 Å². The Morgan fingerprint density at radius 1 is 1.29 bits per heavy atom. The molecule has 0 atom stereocenters. The van der Waals surface area contributed by atoms with E-state index in [9.17, 15) is 10.2 Å². The van der Waals surface area contributed by atoms with Gasteiger partial charge in [0.05, 0.1) is 18.8 Å². The molecule has 128 valence electrons. The van der Waals surface area contributed by atoms with E-state index >= 15 is 0 Å². The number of anilines is 1. The molecule has 24 heavy (non-hydrogen) atoms. The summed E-state index contributed by atoms with van der Waals surface area (Å²) >= 11 is 0. The maximum Gasteiger partial charge on any atom is 0.215 e. The molecular weight excluding hydrogens is 306 g/mol. The second kappa shape index (κ2) is 6.86. The van der Waals surface area contributed by atoms with Crippen molar-refractivity contribution in [3.63, 3.8) is 0 Å². The molecule has 6 nitrogen and oxygen atoms in total. The van der Waals surface area contributed by atoms with Crippen molar-refractivity contribution >= 4 is 17.2 Å². The molecule has 1 aromatic heterocycles. The summed E-state index contributed by atoms with van der Waals surface area (Å²) < 4.78 is 5.95. The molecule has 0 fully saturated rings. The highest BCUT2D eigenvalue weighted by molar-refractivity contribution is 6.00. The van der Waals surface area contributed by atoms with Gasteiger partial charge >= 0.3 is 0 Å². The zero-order chi connectivity index (χ0) is 17.1. The van der Waals surface area contributed by atoms with Crippen molar-refractivity contribution < 1.29 is 14.9 Å². The minimum Gasteiger partial charge on any atom is -0.494 e. The van der Waals surface area contributed by atoms with Gasteiger partial charge in [-0.1, -0.05) is 25.8 Å². The molecular formula is C18H23N3O3. The second-order valence-corrected chi connectivity index (χ2v) is 5.94. The Hall–Kier alpha value is -2.63. The number of nitrogens with one attached hydrogen (secondary N) is 1. The van der Waals surface area contributed by atoms with Crippen LogP contribution in [0.5, 0.6) is 17.5 Å². The highest BCUT2D eigenvalue weighted by Crippen LogP contribution is 2.39. The number of aromatic amines is 1. The summed E-state index contributed by atoms with van der Waals surface area (Å²) in [5.41, 5.74) is 2.37. The molecule has 1 aliphatic rings. The summed E-state index contributed by atoms with van der Waals surface area (Å²) in [7, 11) is 0. The number of fused-ring (bicyclic) bond motifs is 1. The second-order valence-electron chi connectivity index (χ2n) is 5.94. The molecule has 6 heteroatoms. The number of ether oxygens (including phenoxy) is 1. The first-order valence-corrected chi connectivity index (χ1v) is 8.28. The molecule has 1 aromatic carbocycles. The van der Waals surface area contributed by atoms with Gasteiger partial charge in [-0.2, -0.15) is 0 Å². The van der Waals surface area contributed by atoms with Crippen LogP contribution in [0.3, 0.4) is 0 Å². The number of aliphatic imine (C=N–C) groups is 1. The molecule has 0 bridgehead atoms. The zero-order valence-electron chi connectivity index (χ0n) is 14.0. The molecule has 0 aliphatic carbocycles. The minimum atomic E-state index is -0.0785. The van der Waals surface area contributed by atoms with E-state index in [0.29, 0.717) is 18.8 Å². The van der Waals surface area contributed by atoms with Crippen LogP contribution < -0.4 is 9.64 Å². The fourth-order valence-electron chi connectivity index (χ4n) is 2.88. The fraction of sp³-hybridized carbons (Fsp3) is 0.389. The van der Waals surface area contributed by atoms with Crippen molar-refractivity contribution in [3.05, 3.63) is 29.8 Å². The number of hydrogen-bond acceptors (Lipinski definition) is 5. The molecule has 0 saturated heterocycles. The first-order valence-electron chi connectivity index (χ1n) is 8.28. The first-order chi connectivity index (χ1) is 11.6. The van der Waals surface area contributed by atoms with Crippen LogP contribution in [0.2, 0.25) is 0 Å². The number of nitrogens with zero attached hydrogens (tertiary/aromatic N) is 2. The average Bonchev–Trinajstić information content (AvgIpc) is 2.89. The zero-order valence-corrected chi connectivity index (χ0v) is 14.0. The topological polar surface area (TPSA) is 81.1 Å². The number of hydrogen-bond donors (Lipinski definition) is 3. The van der Waals surface area contributed by atoms with E-state index in [4.69, 9.17) is 4.74 Å². The Balaban J connectivity index is 1.86. The van der Waals surface area contributed by atoms with Gasteiger partial charge in [-0.15, -0.1) is 0 Å². The van der Waals surface area contributed by atoms with E-state index in [1.807, 2.05) is 30.0 Å². The quantitative estimate of drug-likeness (QED) is 0.698. The third kappa shape index (κ3) is 3.18. The van der Waals surface area contributed by atoms with Crippen molar-refractivity contribution in [1.82, 2.24) is 4.98 Å². The predicted molar refractivity (Wildman–Crippen MR) is 94.5 cm³/mol. The standard InChI is InChI=1S/C18H23N3O3/c1-3-4-5-9-24-16-8-6-7-14-13(16)11-21(12(2)19-14)15-10-17(22)20-18(15)23/h6-8,10,20,22-23H,3-5,9,11H2,1-2H3. The van der Waals surface area contributed by atoms with E-state index in [2.05, 4.69) is 16.9 Å². The van der Waals surface area contributed by atoms with E-state index in [1.165, 1.54) is 6.07 Å². The van der Waals surface area contributed by atoms with Crippen LogP contribution in [0.15, 0.2) is 29.3 Å². The SMILES string of the molecule is CCCCCOc1cccc2c1CN(c1cc(O)[nH]c1O)C(C)=N2. The van der Waals surface area contributed by atoms with Crippen LogP contribution in [-0.2, 0) is 6.54 Å². The molecule has 2 aromatic rings. The van der Waals surface area contributed by atoms with Gasteiger partial charge in [0.15, 0.2) is 5.88 Å². The Morgan fingerprint density at radius 2 is 2.12 bits per heavy atom. The lowest BCUT2D eigenvalue weighted by molar-refractivity contribution is 0.303. The maximum atomic E-state index is 9.98. The van der Waals surface area contributed by atoms with E-state index in [1.54, 1.807) is 0 Å². The van der Waals surface area contributed by atoms with Crippen LogP contribution in [0.1, 0.15) is 38.7 Å². The van der Waals surface area contributed by atoms with Crippen LogP contribution in [0.4, 0.5) is 11.4 Å². The Morgan fingerprint density at radius 3 is 2.83 bits per heavy atom. The molecule has 0 saturated carbocycles. The molecule has 3 N–H and O–H groups in total. The molecule has 2 heterocycles. The normalized spacial score (nSPS) is 13.6. The molecule has 1 aliphatic heterocycles. The number of amidine groups is 1. The summed E-state index contributed by atoms with van der Waals surface area (Å²) in [4.78, 5) is 8.96. The van der Waals surface area contributed by atoms with Crippen molar-refractivity contribution in [3.8, 4) is 17.5 Å². The van der Waals surface area contributed by atoms with Crippen molar-refractivity contribution in [2.24, 2.45) is 4.99 Å². The maximum absolute atomic E-state index is 9.98. The van der Waals surface area contributed by atoms with Crippen LogP contribution in [0.25, 0.3) is 0 Å². The third-order valence-electron chi connectivity index (χ3n) is 4.16. The summed E-state index contributed by atoms with van der Waals surface area (Å²) in [6.45, 7) is 5.25. The first kappa shape index (κ1) is 16.2. The average molecular weight is 329 g/mol. The highest BCUT2D eigenvalue weighted by atomic mass is 16.5. The molecule has 3 rings (SSSR count). The van der Waals surface area contributed by atoms with Crippen molar-refractivity contribution in [1.29, 1.82) is 0 Å². The largest absolute Gasteiger partial charge is 0.494 e. The van der Waals surface area contributed by atoms with Crippen LogP contribution in [-0.4, -0.2) is 27.6 Å². The molecule has 0 spiro atoms. The van der Waals surface area contributed by atoms with E-state index in [0.717, 1.165) is 42.1 Å². The number of aromatic nitrogens is 1. The van der Waals surface area contributed by atoms with Gasteiger partial charge in [0.1, 0.15) is 17.3 Å². The number of benzene rings is 1. The lowest BCUT2D eigenvalue weighted by atomic mass is 10.1. The van der Waals surface area contributed by atoms with Gasteiger partial charge in [-0.25, -0.2) is 4.99 Å². The molecule has 0 unspecified atom stereocenters. The number of H-pyrrole nitrogens is 1. The van der Waals surface area contributed by atoms with Crippen molar-refractivity contribution in [2.45, 2.75) is 39.7 Å². The van der Waals surface area contributed by atoms with Gasteiger partial charge in [0.2, 0.25) is 5.88 Å². The lowest BCUT2D eigenvalue weighted by Gasteiger charge is -2.29. The summed E-state index contributed by atoms with van der Waals surface area (Å²) in [6, 6.07) is 7.35. The summed E-state index contributed by atoms with van der Waals surface area (Å²) in [6.07, 6.45) is 3.33. The number of aromatic hydroxyl groups is 2. The van der Waals surface area contributed by atoms with E-state index < -0.39 is 0 Å². The summed E-state index contributed by atoms with van der Waals surface area (Å²) in [5, 5.41) is 19.5. The lowest BCUT2D eigenvalue weighted by Crippen LogP contribution is -2.30. The number of unbranched alkanes of at least 4 members (excludes halogenated alkanes) is 2. The molecule has 0 amide bonds. The van der Waals surface area contributed by atoms with Gasteiger partial charge in [-0.05, 0) is 25.5 Å². The van der Waals surface area contributed by atoms with Gasteiger partial charge in [0, 0.05) is 11.6 Å². The van der Waals surface area contributed by atoms with Gasteiger partial charge in [0.25, 0.3) is 0 Å². The Labute approximate surface area is 141 Å². The predicted octanol–water partition coefficient (Wildman–Crippen LogP) is 4.07. The van der Waals surface area contributed by atoms with Crippen LogP contribution >= 0.6 is 0 Å². The third-order valence-corrected chi connectivity index (χ3v) is 4.16. The minimum absolute atomic E-state index is 0.0770. The van der Waals surface area contributed by atoms with Crippen molar-refractivity contribution in [2.75, 3.05) is 11.5 Å². The van der Waals surface area contributed by atoms with Gasteiger partial charge in [-0.3, -0.25) is 4.98 Å². The number of rotatable bonds is 6. The monoisotopic (exact) mass is 329 g/mol. The van der Waals surface area contributed by atoms with Crippen LogP contribution in [0, 0.1) is 0 Å². The highest BCUT2D eigenvalue weighted by Gasteiger charge is 2.24. The summed E-state index contributed by atoms with van der Waals surface area (Å²) in [5.74, 6) is 1.42. The fourth-order valence-corrected chi connectivity index (χ4v) is 2.88. The van der Waals surface area contributed by atoms with E-state index in [-0.39, 0.29) is 11.8 Å².